The second-order valence-electron chi connectivity index (χ2n) is 6.01. The molecule has 0 aliphatic heterocycles. The van der Waals surface area contributed by atoms with Crippen LogP contribution in [-0.2, 0) is 6.54 Å². The van der Waals surface area contributed by atoms with Crippen LogP contribution in [0.25, 0.3) is 20.3 Å². The Kier molecular flexibility index (Phi) is 5.33. The molecule has 0 bridgehead atoms. The number of rotatable bonds is 4. The van der Waals surface area contributed by atoms with Crippen LogP contribution >= 0.6 is 34.3 Å². The number of ether oxygens (including phenoxy) is 2. The smallest absolute Gasteiger partial charge is 0.291 e. The number of fused-ring (bicyclic) bond motifs is 2. The topological polar surface area (TPSA) is 52.8 Å². The lowest BCUT2D eigenvalue weighted by Crippen LogP contribution is -2.16. The summed E-state index contributed by atoms with van der Waals surface area (Å²) in [5.74, 6) is 3.40. The van der Waals surface area contributed by atoms with Gasteiger partial charge in [0.1, 0.15) is 4.88 Å². The highest BCUT2D eigenvalue weighted by Gasteiger charge is 2.18. The zero-order chi connectivity index (χ0) is 20.5. The van der Waals surface area contributed by atoms with Gasteiger partial charge in [0.05, 0.1) is 36.0 Å². The molecule has 0 saturated carbocycles. The summed E-state index contributed by atoms with van der Waals surface area (Å²) in [6.45, 7) is 0.266. The Labute approximate surface area is 179 Å². The van der Waals surface area contributed by atoms with Gasteiger partial charge < -0.3 is 14.0 Å². The molecule has 2 heterocycles. The Morgan fingerprint density at radius 2 is 1.90 bits per heavy atom. The first kappa shape index (κ1) is 19.5. The monoisotopic (exact) mass is 442 g/mol. The van der Waals surface area contributed by atoms with Gasteiger partial charge in [0, 0.05) is 22.2 Å². The van der Waals surface area contributed by atoms with Crippen molar-refractivity contribution in [1.29, 1.82) is 0 Å². The fraction of sp³-hybridized carbons (Fsp3) is 0.143. The molecule has 8 heteroatoms. The van der Waals surface area contributed by atoms with Crippen LogP contribution in [0.3, 0.4) is 0 Å². The first-order valence-electron chi connectivity index (χ1n) is 8.52. The van der Waals surface area contributed by atoms with Crippen molar-refractivity contribution in [2.75, 3.05) is 14.2 Å². The molecule has 0 saturated heterocycles. The maximum atomic E-state index is 12.9. The molecule has 0 N–H and O–H groups in total. The number of methoxy groups -OCH3 is 2. The highest BCUT2D eigenvalue weighted by Crippen LogP contribution is 2.36. The van der Waals surface area contributed by atoms with E-state index in [0.29, 0.717) is 26.2 Å². The van der Waals surface area contributed by atoms with Crippen molar-refractivity contribution in [1.82, 2.24) is 4.57 Å². The number of thiophene rings is 1. The largest absolute Gasteiger partial charge is 0.493 e. The Morgan fingerprint density at radius 1 is 1.17 bits per heavy atom. The predicted octanol–water partition coefficient (Wildman–Crippen LogP) is 4.96. The molecule has 5 nitrogen and oxygen atoms in total. The molecule has 2 aromatic carbocycles. The van der Waals surface area contributed by atoms with Crippen LogP contribution in [0, 0.1) is 12.3 Å². The lowest BCUT2D eigenvalue weighted by atomic mass is 10.2. The molecule has 1 amide bonds. The number of amides is 1. The van der Waals surface area contributed by atoms with E-state index < -0.39 is 5.91 Å². The number of benzene rings is 2. The van der Waals surface area contributed by atoms with Crippen molar-refractivity contribution in [3.05, 3.63) is 51.1 Å². The Morgan fingerprint density at radius 3 is 2.59 bits per heavy atom. The van der Waals surface area contributed by atoms with Gasteiger partial charge in [-0.05, 0) is 6.07 Å². The maximum Gasteiger partial charge on any atom is 0.291 e. The van der Waals surface area contributed by atoms with Crippen LogP contribution in [0.2, 0.25) is 5.02 Å². The van der Waals surface area contributed by atoms with Crippen molar-refractivity contribution < 1.29 is 14.3 Å². The number of carbonyl (C=O) groups excluding carboxylic acids is 1. The third kappa shape index (κ3) is 3.40. The highest BCUT2D eigenvalue weighted by molar-refractivity contribution is 7.21. The summed E-state index contributed by atoms with van der Waals surface area (Å²) >= 11 is 9.12. The standard InChI is InChI=1S/C21H15ClN2O3S2/c1-4-9-24-13-10-14(26-2)15(27-3)11-17(13)29-21(24)23-20(25)19-18(22)12-7-5-6-8-16(12)28-19/h1,5-8,10-11H,9H2,2-3H3. The molecule has 0 fully saturated rings. The number of hydrogen-bond donors (Lipinski definition) is 0. The third-order valence-corrected chi connectivity index (χ3v) is 7.07. The lowest BCUT2D eigenvalue weighted by Gasteiger charge is -2.08. The second-order valence-corrected chi connectivity index (χ2v) is 8.45. The van der Waals surface area contributed by atoms with Crippen molar-refractivity contribution in [2.24, 2.45) is 4.99 Å². The SMILES string of the molecule is C#CCn1c(=NC(=O)c2sc3ccccc3c2Cl)sc2cc(OC)c(OC)cc21. The summed E-state index contributed by atoms with van der Waals surface area (Å²) in [6, 6.07) is 11.3. The van der Waals surface area contributed by atoms with Crippen LogP contribution in [0.5, 0.6) is 11.5 Å². The molecule has 4 rings (SSSR count). The molecule has 0 atom stereocenters. The van der Waals surface area contributed by atoms with E-state index in [9.17, 15) is 4.79 Å². The normalized spacial score (nSPS) is 11.7. The Balaban J connectivity index is 1.90. The zero-order valence-corrected chi connectivity index (χ0v) is 18.0. The number of terminal acetylenes is 1. The average molecular weight is 443 g/mol. The summed E-state index contributed by atoms with van der Waals surface area (Å²) in [6.07, 6.45) is 5.56. The van der Waals surface area contributed by atoms with E-state index in [-0.39, 0.29) is 6.54 Å². The minimum atomic E-state index is -0.396. The predicted molar refractivity (Wildman–Crippen MR) is 118 cm³/mol. The van der Waals surface area contributed by atoms with E-state index in [1.807, 2.05) is 36.4 Å². The summed E-state index contributed by atoms with van der Waals surface area (Å²) < 4.78 is 14.4. The van der Waals surface area contributed by atoms with Gasteiger partial charge in [-0.25, -0.2) is 0 Å². The molecule has 2 aromatic heterocycles. The Bertz CT molecular complexity index is 1360. The Hall–Kier alpha value is -2.79. The third-order valence-electron chi connectivity index (χ3n) is 4.36. The molecule has 4 aromatic rings. The molecular formula is C21H15ClN2O3S2. The van der Waals surface area contributed by atoms with Gasteiger partial charge >= 0.3 is 0 Å². The van der Waals surface area contributed by atoms with Crippen molar-refractivity contribution in [3.63, 3.8) is 0 Å². The molecule has 0 aliphatic rings. The molecule has 0 spiro atoms. The summed E-state index contributed by atoms with van der Waals surface area (Å²) in [5, 5.41) is 1.27. The van der Waals surface area contributed by atoms with E-state index in [2.05, 4.69) is 10.9 Å². The average Bonchev–Trinajstić information content (AvgIpc) is 3.24. The van der Waals surface area contributed by atoms with Gasteiger partial charge in [0.2, 0.25) is 0 Å². The number of hydrogen-bond acceptors (Lipinski definition) is 5. The fourth-order valence-corrected chi connectivity index (χ4v) is 5.45. The van der Waals surface area contributed by atoms with Crippen LogP contribution in [0.4, 0.5) is 0 Å². The van der Waals surface area contributed by atoms with E-state index in [4.69, 9.17) is 27.5 Å². The number of halogens is 1. The van der Waals surface area contributed by atoms with Crippen LogP contribution in [0.1, 0.15) is 9.67 Å². The molecule has 29 heavy (non-hydrogen) atoms. The van der Waals surface area contributed by atoms with E-state index in [1.165, 1.54) is 22.7 Å². The van der Waals surface area contributed by atoms with E-state index >= 15 is 0 Å². The molecule has 0 aliphatic carbocycles. The molecular weight excluding hydrogens is 428 g/mol. The van der Waals surface area contributed by atoms with Crippen molar-refractivity contribution >= 4 is 60.5 Å². The van der Waals surface area contributed by atoms with Crippen LogP contribution in [0.15, 0.2) is 41.4 Å². The van der Waals surface area contributed by atoms with Gasteiger partial charge in [0.25, 0.3) is 5.91 Å². The number of thiazole rings is 1. The van der Waals surface area contributed by atoms with Crippen molar-refractivity contribution in [2.45, 2.75) is 6.54 Å². The fourth-order valence-electron chi connectivity index (χ4n) is 3.02. The van der Waals surface area contributed by atoms with Gasteiger partial charge in [-0.2, -0.15) is 4.99 Å². The van der Waals surface area contributed by atoms with Crippen LogP contribution < -0.4 is 14.3 Å². The second kappa shape index (κ2) is 7.91. The molecule has 146 valence electrons. The minimum Gasteiger partial charge on any atom is -0.493 e. The van der Waals surface area contributed by atoms with E-state index in [0.717, 1.165) is 20.3 Å². The van der Waals surface area contributed by atoms with Crippen molar-refractivity contribution in [3.8, 4) is 23.8 Å². The number of aromatic nitrogens is 1. The van der Waals surface area contributed by atoms with Gasteiger partial charge in [-0.15, -0.1) is 17.8 Å². The quantitative estimate of drug-likeness (QED) is 0.419. The molecule has 0 unspecified atom stereocenters. The number of nitrogens with zero attached hydrogens (tertiary/aromatic N) is 2. The van der Waals surface area contributed by atoms with Crippen LogP contribution in [-0.4, -0.2) is 24.7 Å². The number of carbonyl (C=O) groups is 1. The van der Waals surface area contributed by atoms with E-state index in [1.54, 1.807) is 18.8 Å². The first-order chi connectivity index (χ1) is 14.1. The summed E-state index contributed by atoms with van der Waals surface area (Å²) in [5.41, 5.74) is 0.819. The molecule has 0 radical (unpaired) electrons. The highest BCUT2D eigenvalue weighted by atomic mass is 35.5. The van der Waals surface area contributed by atoms with Gasteiger partial charge in [0.15, 0.2) is 16.3 Å². The first-order valence-corrected chi connectivity index (χ1v) is 10.5. The minimum absolute atomic E-state index is 0.266. The lowest BCUT2D eigenvalue weighted by molar-refractivity contribution is 0.100. The van der Waals surface area contributed by atoms with Gasteiger partial charge in [-0.1, -0.05) is 47.1 Å². The zero-order valence-electron chi connectivity index (χ0n) is 15.6. The summed E-state index contributed by atoms with van der Waals surface area (Å²) in [4.78, 5) is 18.2. The van der Waals surface area contributed by atoms with Gasteiger partial charge in [-0.3, -0.25) is 4.79 Å². The maximum absolute atomic E-state index is 12.9. The summed E-state index contributed by atoms with van der Waals surface area (Å²) in [7, 11) is 3.14.